The second-order valence-electron chi connectivity index (χ2n) is 3.40. The predicted molar refractivity (Wildman–Crippen MR) is 36.1 cm³/mol. The van der Waals surface area contributed by atoms with Gasteiger partial charge < -0.3 is 5.32 Å². The number of carbonyl (C=O) groups is 1. The number of carbonyl (C=O) groups excluding carboxylic acids is 1. The van der Waals surface area contributed by atoms with Crippen molar-refractivity contribution in [2.75, 3.05) is 13.1 Å². The highest BCUT2D eigenvalue weighted by atomic mass is 16.2. The third-order valence-electron chi connectivity index (χ3n) is 2.70. The van der Waals surface area contributed by atoms with Gasteiger partial charge in [0, 0.05) is 19.8 Å². The quantitative estimate of drug-likeness (QED) is 0.457. The number of nitrogens with zero attached hydrogens (tertiary/aromatic N) is 1. The van der Waals surface area contributed by atoms with Crippen molar-refractivity contribution in [3.63, 3.8) is 0 Å². The molecule has 3 heteroatoms. The monoisotopic (exact) mass is 141 g/mol. The maximum Gasteiger partial charge on any atom is 0.227 e. The molecule has 0 unspecified atom stereocenters. The van der Waals surface area contributed by atoms with Crippen molar-refractivity contribution in [1.82, 2.24) is 4.90 Å². The summed E-state index contributed by atoms with van der Waals surface area (Å²) in [5.41, 5.74) is 0.136. The predicted octanol–water partition coefficient (Wildman–Crippen LogP) is -1.10. The van der Waals surface area contributed by atoms with E-state index >= 15 is 0 Å². The van der Waals surface area contributed by atoms with Gasteiger partial charge in [-0.25, -0.2) is 0 Å². The van der Waals surface area contributed by atoms with Crippen LogP contribution in [0.3, 0.4) is 0 Å². The molecule has 0 aromatic rings. The summed E-state index contributed by atoms with van der Waals surface area (Å²) in [4.78, 5) is 13.2. The van der Waals surface area contributed by atoms with Gasteiger partial charge >= 0.3 is 0 Å². The van der Waals surface area contributed by atoms with Crippen LogP contribution in [0.5, 0.6) is 0 Å². The van der Waals surface area contributed by atoms with Gasteiger partial charge in [0.15, 0.2) is 5.66 Å². The summed E-state index contributed by atoms with van der Waals surface area (Å²) < 4.78 is 0. The number of amides is 1. The number of hydrogen-bond acceptors (Lipinski definition) is 1. The molecule has 0 aromatic carbocycles. The lowest BCUT2D eigenvalue weighted by Crippen LogP contribution is -2.94. The van der Waals surface area contributed by atoms with Crippen LogP contribution in [0, 0.1) is 0 Å². The van der Waals surface area contributed by atoms with Crippen molar-refractivity contribution >= 4 is 5.91 Å². The zero-order valence-electron chi connectivity index (χ0n) is 6.26. The lowest BCUT2D eigenvalue weighted by molar-refractivity contribution is -0.713. The molecule has 2 saturated heterocycles. The summed E-state index contributed by atoms with van der Waals surface area (Å²) >= 11 is 0. The number of hydrogen-bond donors (Lipinski definition) is 1. The molecule has 1 atom stereocenters. The summed E-state index contributed by atoms with van der Waals surface area (Å²) in [6.07, 6.45) is 1.79. The molecule has 3 nitrogen and oxygen atoms in total. The minimum absolute atomic E-state index is 0.136. The van der Waals surface area contributed by atoms with Gasteiger partial charge in [0.25, 0.3) is 0 Å². The molecule has 2 rings (SSSR count). The molecule has 10 heavy (non-hydrogen) atoms. The lowest BCUT2D eigenvalue weighted by atomic mass is 10.1. The van der Waals surface area contributed by atoms with Crippen LogP contribution < -0.4 is 5.32 Å². The van der Waals surface area contributed by atoms with E-state index in [9.17, 15) is 4.79 Å². The fourth-order valence-electron chi connectivity index (χ4n) is 2.01. The van der Waals surface area contributed by atoms with Crippen molar-refractivity contribution in [2.45, 2.75) is 25.4 Å². The van der Waals surface area contributed by atoms with Crippen molar-refractivity contribution in [3.8, 4) is 0 Å². The van der Waals surface area contributed by atoms with Gasteiger partial charge in [0.05, 0.1) is 13.1 Å². The van der Waals surface area contributed by atoms with Crippen LogP contribution >= 0.6 is 0 Å². The maximum atomic E-state index is 11.2. The van der Waals surface area contributed by atoms with E-state index in [1.807, 2.05) is 4.90 Å². The molecule has 0 bridgehead atoms. The molecule has 2 aliphatic rings. The van der Waals surface area contributed by atoms with Gasteiger partial charge in [-0.2, -0.15) is 0 Å². The molecule has 0 radical (unpaired) electrons. The lowest BCUT2D eigenvalue weighted by Gasteiger charge is -2.22. The molecule has 2 aliphatic heterocycles. The Balaban J connectivity index is 2.27. The molecule has 56 valence electrons. The summed E-state index contributed by atoms with van der Waals surface area (Å²) in [5.74, 6) is 0.344. The first-order chi connectivity index (χ1) is 4.72. The van der Waals surface area contributed by atoms with E-state index in [0.717, 1.165) is 25.9 Å². The van der Waals surface area contributed by atoms with E-state index < -0.39 is 0 Å². The molecule has 0 aromatic heterocycles. The third kappa shape index (κ3) is 0.611. The van der Waals surface area contributed by atoms with Gasteiger partial charge in [-0.1, -0.05) is 0 Å². The Kier molecular flexibility index (Phi) is 1.06. The SMILES string of the molecule is C[C@@]12CCC(=O)N1CC[NH2+]2. The third-order valence-corrected chi connectivity index (χ3v) is 2.70. The van der Waals surface area contributed by atoms with Crippen molar-refractivity contribution in [2.24, 2.45) is 0 Å². The van der Waals surface area contributed by atoms with E-state index in [1.165, 1.54) is 0 Å². The van der Waals surface area contributed by atoms with Crippen LogP contribution in [-0.2, 0) is 4.79 Å². The number of nitrogens with two attached hydrogens (primary N) is 1. The van der Waals surface area contributed by atoms with E-state index in [2.05, 4.69) is 12.2 Å². The summed E-state index contributed by atoms with van der Waals surface area (Å²) in [7, 11) is 0. The number of quaternary nitrogens is 1. The van der Waals surface area contributed by atoms with Crippen molar-refractivity contribution in [1.29, 1.82) is 0 Å². The Hall–Kier alpha value is -0.570. The van der Waals surface area contributed by atoms with E-state index in [1.54, 1.807) is 0 Å². The number of fused-ring (bicyclic) bond motifs is 1. The molecule has 0 saturated carbocycles. The van der Waals surface area contributed by atoms with Crippen LogP contribution in [-0.4, -0.2) is 29.6 Å². The average Bonchev–Trinajstić information content (AvgIpc) is 2.35. The van der Waals surface area contributed by atoms with Crippen LogP contribution in [0.25, 0.3) is 0 Å². The van der Waals surface area contributed by atoms with Crippen LogP contribution in [0.15, 0.2) is 0 Å². The molecule has 2 heterocycles. The molecular weight excluding hydrogens is 128 g/mol. The molecule has 1 amide bonds. The van der Waals surface area contributed by atoms with Crippen molar-refractivity contribution < 1.29 is 10.1 Å². The fraction of sp³-hybridized carbons (Fsp3) is 0.857. The fourth-order valence-corrected chi connectivity index (χ4v) is 2.01. The van der Waals surface area contributed by atoms with E-state index in [0.29, 0.717) is 5.91 Å². The Labute approximate surface area is 60.4 Å². The van der Waals surface area contributed by atoms with Gasteiger partial charge in [-0.05, 0) is 0 Å². The zero-order chi connectivity index (χ0) is 7.19. The van der Waals surface area contributed by atoms with Crippen molar-refractivity contribution in [3.05, 3.63) is 0 Å². The van der Waals surface area contributed by atoms with Gasteiger partial charge in [-0.3, -0.25) is 9.69 Å². The zero-order valence-corrected chi connectivity index (χ0v) is 6.26. The molecule has 2 fully saturated rings. The van der Waals surface area contributed by atoms with Gasteiger partial charge in [-0.15, -0.1) is 0 Å². The Morgan fingerprint density at radius 3 is 3.20 bits per heavy atom. The van der Waals surface area contributed by atoms with Crippen LogP contribution in [0.4, 0.5) is 0 Å². The van der Waals surface area contributed by atoms with E-state index in [-0.39, 0.29) is 5.66 Å². The minimum atomic E-state index is 0.136. The van der Waals surface area contributed by atoms with Gasteiger partial charge in [0.1, 0.15) is 0 Å². The van der Waals surface area contributed by atoms with Crippen LogP contribution in [0.1, 0.15) is 19.8 Å². The first kappa shape index (κ1) is 6.16. The smallest absolute Gasteiger partial charge is 0.227 e. The van der Waals surface area contributed by atoms with E-state index in [4.69, 9.17) is 0 Å². The first-order valence-corrected chi connectivity index (χ1v) is 3.87. The van der Waals surface area contributed by atoms with Gasteiger partial charge in [0.2, 0.25) is 5.91 Å². The second-order valence-corrected chi connectivity index (χ2v) is 3.40. The molecule has 0 spiro atoms. The summed E-state index contributed by atoms with van der Waals surface area (Å²) in [5, 5.41) is 2.28. The largest absolute Gasteiger partial charge is 0.323 e. The second kappa shape index (κ2) is 1.72. The number of rotatable bonds is 0. The molecule has 0 aliphatic carbocycles. The Morgan fingerprint density at radius 1 is 1.70 bits per heavy atom. The first-order valence-electron chi connectivity index (χ1n) is 3.87. The average molecular weight is 141 g/mol. The standard InChI is InChI=1S/C7H12N2O/c1-7-3-2-6(10)9(7)5-4-8-7/h8H,2-5H2,1H3/p+1/t7-/m0/s1. The minimum Gasteiger partial charge on any atom is -0.323 e. The highest BCUT2D eigenvalue weighted by molar-refractivity contribution is 5.79. The maximum absolute atomic E-state index is 11.2. The highest BCUT2D eigenvalue weighted by Crippen LogP contribution is 2.25. The Bertz CT molecular complexity index is 180. The van der Waals surface area contributed by atoms with Crippen LogP contribution in [0.2, 0.25) is 0 Å². The summed E-state index contributed by atoms with van der Waals surface area (Å²) in [6.45, 7) is 4.20. The topological polar surface area (TPSA) is 36.9 Å². The molecule has 2 N–H and O–H groups in total. The molecular formula is C7H13N2O+. The Morgan fingerprint density at radius 2 is 2.50 bits per heavy atom. The summed E-state index contributed by atoms with van der Waals surface area (Å²) in [6, 6.07) is 0. The highest BCUT2D eigenvalue weighted by Gasteiger charge is 2.48. The normalized spacial score (nSPS) is 38.9.